The molecule has 4 aromatic rings. The van der Waals surface area contributed by atoms with Gasteiger partial charge < -0.3 is 10.6 Å². The number of benzene rings is 2. The van der Waals surface area contributed by atoms with Crippen LogP contribution in [0.25, 0.3) is 11.0 Å². The highest BCUT2D eigenvalue weighted by atomic mass is 16.1. The smallest absolute Gasteiger partial charge is 0.255 e. The van der Waals surface area contributed by atoms with Crippen LogP contribution in [0.4, 0.5) is 11.6 Å². The molecule has 0 spiro atoms. The first-order valence-corrected chi connectivity index (χ1v) is 10.3. The molecule has 1 atom stereocenters. The molecule has 1 aliphatic rings. The number of pyridine rings is 1. The number of nitrogens with one attached hydrogen (secondary N) is 2. The number of aromatic nitrogens is 3. The summed E-state index contributed by atoms with van der Waals surface area (Å²) in [5, 5.41) is 6.47. The molecule has 1 unspecified atom stereocenters. The van der Waals surface area contributed by atoms with Gasteiger partial charge in [-0.25, -0.2) is 4.98 Å². The van der Waals surface area contributed by atoms with Gasteiger partial charge in [-0.15, -0.1) is 0 Å². The second-order valence-electron chi connectivity index (χ2n) is 7.91. The summed E-state index contributed by atoms with van der Waals surface area (Å²) < 4.78 is 2.09. The minimum Gasteiger partial charge on any atom is -0.329 e. The minimum atomic E-state index is -0.322. The fraction of sp³-hybridized carbons (Fsp3) is 0.160. The highest BCUT2D eigenvalue weighted by Crippen LogP contribution is 2.39. The lowest BCUT2D eigenvalue weighted by molar-refractivity contribution is -0.113. The van der Waals surface area contributed by atoms with E-state index in [9.17, 15) is 4.79 Å². The first kappa shape index (κ1) is 19.1. The van der Waals surface area contributed by atoms with Crippen molar-refractivity contribution in [2.24, 2.45) is 0 Å². The topological polar surface area (TPSA) is 71.8 Å². The lowest BCUT2D eigenvalue weighted by atomic mass is 9.95. The predicted molar refractivity (Wildman–Crippen MR) is 123 cm³/mol. The standard InChI is InChI=1S/C25H23N5O/c1-15-8-9-19(16(2)14-15)28-24(31)22-17(3)27-25-29-20-6-4-5-7-21(20)30(25)23(22)18-10-12-26-13-11-18/h4-14,23H,1-3H3,(H,27,29)(H,28,31). The number of imidazole rings is 1. The van der Waals surface area contributed by atoms with Crippen LogP contribution >= 0.6 is 0 Å². The van der Waals surface area contributed by atoms with Gasteiger partial charge in [0.1, 0.15) is 0 Å². The third-order valence-electron chi connectivity index (χ3n) is 5.73. The Morgan fingerprint density at radius 1 is 1.03 bits per heavy atom. The van der Waals surface area contributed by atoms with Crippen LogP contribution in [0.2, 0.25) is 0 Å². The Bertz CT molecular complexity index is 1340. The summed E-state index contributed by atoms with van der Waals surface area (Å²) >= 11 is 0. The van der Waals surface area contributed by atoms with E-state index in [1.807, 2.05) is 69.3 Å². The molecule has 0 bridgehead atoms. The fourth-order valence-electron chi connectivity index (χ4n) is 4.26. The summed E-state index contributed by atoms with van der Waals surface area (Å²) in [7, 11) is 0. The van der Waals surface area contributed by atoms with Crippen LogP contribution in [0, 0.1) is 13.8 Å². The van der Waals surface area contributed by atoms with E-state index >= 15 is 0 Å². The second kappa shape index (κ2) is 7.40. The maximum Gasteiger partial charge on any atom is 0.255 e. The quantitative estimate of drug-likeness (QED) is 0.501. The first-order chi connectivity index (χ1) is 15.0. The highest BCUT2D eigenvalue weighted by molar-refractivity contribution is 6.06. The highest BCUT2D eigenvalue weighted by Gasteiger charge is 2.34. The van der Waals surface area contributed by atoms with Gasteiger partial charge in [-0.1, -0.05) is 29.8 Å². The van der Waals surface area contributed by atoms with Crippen molar-refractivity contribution in [3.05, 3.63) is 95.0 Å². The molecular weight excluding hydrogens is 386 g/mol. The molecule has 6 nitrogen and oxygen atoms in total. The summed E-state index contributed by atoms with van der Waals surface area (Å²) in [5.74, 6) is 0.589. The van der Waals surface area contributed by atoms with Crippen molar-refractivity contribution in [1.82, 2.24) is 14.5 Å². The molecule has 0 fully saturated rings. The largest absolute Gasteiger partial charge is 0.329 e. The molecule has 0 saturated heterocycles. The van der Waals surface area contributed by atoms with Gasteiger partial charge in [0.2, 0.25) is 5.95 Å². The van der Waals surface area contributed by atoms with E-state index in [1.54, 1.807) is 12.4 Å². The maximum absolute atomic E-state index is 13.6. The molecule has 154 valence electrons. The molecule has 1 aliphatic heterocycles. The van der Waals surface area contributed by atoms with Crippen molar-refractivity contribution in [3.8, 4) is 0 Å². The average Bonchev–Trinajstić information content (AvgIpc) is 3.13. The molecule has 31 heavy (non-hydrogen) atoms. The van der Waals surface area contributed by atoms with Crippen LogP contribution in [-0.4, -0.2) is 20.4 Å². The number of hydrogen-bond donors (Lipinski definition) is 2. The summed E-state index contributed by atoms with van der Waals surface area (Å²) in [6.45, 7) is 5.97. The van der Waals surface area contributed by atoms with Crippen molar-refractivity contribution >= 4 is 28.6 Å². The van der Waals surface area contributed by atoms with E-state index in [-0.39, 0.29) is 11.9 Å². The Labute approximate surface area is 180 Å². The van der Waals surface area contributed by atoms with E-state index in [0.29, 0.717) is 5.57 Å². The van der Waals surface area contributed by atoms with Gasteiger partial charge in [-0.3, -0.25) is 14.3 Å². The number of amides is 1. The average molecular weight is 409 g/mol. The number of allylic oxidation sites excluding steroid dienone is 1. The Kier molecular flexibility index (Phi) is 4.55. The van der Waals surface area contributed by atoms with Gasteiger partial charge in [-0.05, 0) is 62.2 Å². The van der Waals surface area contributed by atoms with Crippen LogP contribution in [0.5, 0.6) is 0 Å². The van der Waals surface area contributed by atoms with Gasteiger partial charge in [0.05, 0.1) is 22.6 Å². The van der Waals surface area contributed by atoms with Crippen LogP contribution in [-0.2, 0) is 4.79 Å². The number of carbonyl (C=O) groups excluding carboxylic acids is 1. The molecule has 2 N–H and O–H groups in total. The fourth-order valence-corrected chi connectivity index (χ4v) is 4.26. The molecule has 2 aromatic heterocycles. The van der Waals surface area contributed by atoms with E-state index in [4.69, 9.17) is 4.98 Å². The zero-order valence-corrected chi connectivity index (χ0v) is 17.7. The molecular formula is C25H23N5O. The predicted octanol–water partition coefficient (Wildman–Crippen LogP) is 4.98. The van der Waals surface area contributed by atoms with Crippen molar-refractivity contribution in [1.29, 1.82) is 0 Å². The number of fused-ring (bicyclic) bond motifs is 3. The molecule has 5 rings (SSSR count). The summed E-state index contributed by atoms with van der Waals surface area (Å²) in [6.07, 6.45) is 3.51. The molecule has 0 aliphatic carbocycles. The lowest BCUT2D eigenvalue weighted by Crippen LogP contribution is -2.31. The van der Waals surface area contributed by atoms with E-state index in [1.165, 1.54) is 0 Å². The second-order valence-corrected chi connectivity index (χ2v) is 7.91. The van der Waals surface area contributed by atoms with Crippen LogP contribution in [0.3, 0.4) is 0 Å². The van der Waals surface area contributed by atoms with Crippen molar-refractivity contribution < 1.29 is 4.79 Å². The number of para-hydroxylation sites is 2. The Balaban J connectivity index is 1.65. The third kappa shape index (κ3) is 3.26. The van der Waals surface area contributed by atoms with Crippen molar-refractivity contribution in [3.63, 3.8) is 0 Å². The van der Waals surface area contributed by atoms with E-state index < -0.39 is 0 Å². The molecule has 6 heteroatoms. The number of hydrogen-bond acceptors (Lipinski definition) is 4. The van der Waals surface area contributed by atoms with Crippen LogP contribution in [0.15, 0.2) is 78.3 Å². The molecule has 1 amide bonds. The van der Waals surface area contributed by atoms with Crippen molar-refractivity contribution in [2.45, 2.75) is 26.8 Å². The van der Waals surface area contributed by atoms with Gasteiger partial charge in [0.15, 0.2) is 0 Å². The maximum atomic E-state index is 13.6. The zero-order valence-electron chi connectivity index (χ0n) is 17.7. The van der Waals surface area contributed by atoms with E-state index in [2.05, 4.69) is 26.3 Å². The Morgan fingerprint density at radius 3 is 2.58 bits per heavy atom. The van der Waals surface area contributed by atoms with Gasteiger partial charge in [0, 0.05) is 23.8 Å². The van der Waals surface area contributed by atoms with Gasteiger partial charge >= 0.3 is 0 Å². The summed E-state index contributed by atoms with van der Waals surface area (Å²) in [5.41, 5.74) is 7.27. The third-order valence-corrected chi connectivity index (χ3v) is 5.73. The van der Waals surface area contributed by atoms with Crippen LogP contribution in [0.1, 0.15) is 29.7 Å². The van der Waals surface area contributed by atoms with Crippen LogP contribution < -0.4 is 10.6 Å². The number of rotatable bonds is 3. The lowest BCUT2D eigenvalue weighted by Gasteiger charge is -2.30. The monoisotopic (exact) mass is 409 g/mol. The SMILES string of the molecule is CC1=C(C(=O)Nc2ccc(C)cc2C)C(c2ccncc2)n2c(nc3ccccc32)N1. The Morgan fingerprint density at radius 2 is 1.81 bits per heavy atom. The summed E-state index contributed by atoms with van der Waals surface area (Å²) in [6, 6.07) is 17.6. The normalized spacial score (nSPS) is 15.5. The van der Waals surface area contributed by atoms with Crippen molar-refractivity contribution in [2.75, 3.05) is 10.6 Å². The van der Waals surface area contributed by atoms with Gasteiger partial charge in [0.25, 0.3) is 5.91 Å². The molecule has 0 saturated carbocycles. The molecule has 2 aromatic carbocycles. The number of carbonyl (C=O) groups is 1. The first-order valence-electron chi connectivity index (χ1n) is 10.3. The molecule has 3 heterocycles. The van der Waals surface area contributed by atoms with E-state index in [0.717, 1.165) is 45.1 Å². The summed E-state index contributed by atoms with van der Waals surface area (Å²) in [4.78, 5) is 22.5. The number of aryl methyl sites for hydroxylation is 2. The Hall–Kier alpha value is -3.93. The molecule has 0 radical (unpaired) electrons. The minimum absolute atomic E-state index is 0.137. The number of anilines is 2. The number of nitrogens with zero attached hydrogens (tertiary/aromatic N) is 3. The van der Waals surface area contributed by atoms with Gasteiger partial charge in [-0.2, -0.15) is 0 Å². The zero-order chi connectivity index (χ0) is 21.5.